The molecule has 0 aromatic heterocycles. The van der Waals surface area contributed by atoms with Crippen molar-refractivity contribution in [1.29, 1.82) is 0 Å². The van der Waals surface area contributed by atoms with Crippen LogP contribution in [0.25, 0.3) is 0 Å². The molecular weight excluding hydrogens is 749 g/mol. The van der Waals surface area contributed by atoms with Gasteiger partial charge in [-0.05, 0) is 118 Å². The van der Waals surface area contributed by atoms with E-state index in [1.807, 2.05) is 48.5 Å². The Labute approximate surface area is 343 Å². The molecule has 0 heterocycles. The van der Waals surface area contributed by atoms with E-state index in [0.29, 0.717) is 26.1 Å². The molecule has 4 aromatic carbocycles. The van der Waals surface area contributed by atoms with Crippen LogP contribution in [0.4, 0.5) is 17.6 Å². The van der Waals surface area contributed by atoms with Crippen molar-refractivity contribution >= 4 is 0 Å². The summed E-state index contributed by atoms with van der Waals surface area (Å²) in [6, 6.07) is 21.6. The van der Waals surface area contributed by atoms with Crippen molar-refractivity contribution in [2.24, 2.45) is 5.92 Å². The molecule has 0 spiro atoms. The van der Waals surface area contributed by atoms with Crippen molar-refractivity contribution < 1.29 is 46.0 Å². The number of halogens is 4. The van der Waals surface area contributed by atoms with E-state index in [0.717, 1.165) is 54.2 Å². The molecule has 0 fully saturated rings. The van der Waals surface area contributed by atoms with Crippen LogP contribution in [-0.4, -0.2) is 39.6 Å². The lowest BCUT2D eigenvalue weighted by molar-refractivity contribution is 0.278. The van der Waals surface area contributed by atoms with E-state index in [1.54, 1.807) is 13.8 Å². The maximum absolute atomic E-state index is 14.2. The molecule has 0 atom stereocenters. The standard InChI is InChI=1S/C48H62F4O6/c1-4-53-41-28-30-43(47(51)45(41)49)57-34-14-18-37-20-24-39(25-21-37)55-32-12-8-6-10-16-36(3)17-11-7-9-13-33-56-40-26-22-38(23-27-40)19-15-35-58-44-31-29-42(54-5-2)46(50)48(44)52/h20-31,36H,4-19,32-35H2,1-3H3. The topological polar surface area (TPSA) is 55.4 Å². The van der Waals surface area contributed by atoms with E-state index in [1.165, 1.54) is 75.6 Å². The fourth-order valence-corrected chi connectivity index (χ4v) is 6.63. The molecule has 58 heavy (non-hydrogen) atoms. The smallest absolute Gasteiger partial charge is 0.204 e. The van der Waals surface area contributed by atoms with Gasteiger partial charge in [0, 0.05) is 0 Å². The highest BCUT2D eigenvalue weighted by Gasteiger charge is 2.16. The minimum absolute atomic E-state index is 0.104. The Morgan fingerprint density at radius 2 is 0.707 bits per heavy atom. The maximum atomic E-state index is 14.2. The van der Waals surface area contributed by atoms with Crippen molar-refractivity contribution in [3.8, 4) is 34.5 Å². The SMILES string of the molecule is CCOc1ccc(OCCCc2ccc(OCCCCCCC(C)CCCCCCOc3ccc(CCCOc4ccc(OCC)c(F)c4F)cc3)cc2)c(F)c1F. The number of hydrogen-bond donors (Lipinski definition) is 0. The van der Waals surface area contributed by atoms with Crippen molar-refractivity contribution in [1.82, 2.24) is 0 Å². The molecule has 4 aromatic rings. The number of rotatable bonds is 30. The highest BCUT2D eigenvalue weighted by Crippen LogP contribution is 2.29. The minimum atomic E-state index is -1.02. The van der Waals surface area contributed by atoms with Gasteiger partial charge in [-0.15, -0.1) is 0 Å². The van der Waals surface area contributed by atoms with Gasteiger partial charge in [0.1, 0.15) is 11.5 Å². The summed E-state index contributed by atoms with van der Waals surface area (Å²) in [5.41, 5.74) is 2.27. The van der Waals surface area contributed by atoms with Gasteiger partial charge in [0.25, 0.3) is 0 Å². The summed E-state index contributed by atoms with van der Waals surface area (Å²) in [5.74, 6) is -2.05. The first-order valence-corrected chi connectivity index (χ1v) is 21.2. The average molecular weight is 811 g/mol. The molecule has 0 saturated heterocycles. The zero-order chi connectivity index (χ0) is 41.4. The van der Waals surface area contributed by atoms with Crippen molar-refractivity contribution in [3.05, 3.63) is 107 Å². The van der Waals surface area contributed by atoms with Crippen LogP contribution in [0.15, 0.2) is 72.8 Å². The van der Waals surface area contributed by atoms with E-state index in [2.05, 4.69) is 6.92 Å². The van der Waals surface area contributed by atoms with E-state index < -0.39 is 23.3 Å². The van der Waals surface area contributed by atoms with E-state index in [4.69, 9.17) is 28.4 Å². The number of hydrogen-bond acceptors (Lipinski definition) is 6. The second-order valence-electron chi connectivity index (χ2n) is 14.6. The number of ether oxygens (including phenoxy) is 6. The highest BCUT2D eigenvalue weighted by atomic mass is 19.2. The van der Waals surface area contributed by atoms with Crippen LogP contribution in [0.1, 0.15) is 109 Å². The van der Waals surface area contributed by atoms with Crippen LogP contribution in [-0.2, 0) is 12.8 Å². The minimum Gasteiger partial charge on any atom is -0.494 e. The van der Waals surface area contributed by atoms with E-state index in [9.17, 15) is 17.6 Å². The Balaban J connectivity index is 0.929. The maximum Gasteiger partial charge on any atom is 0.204 e. The van der Waals surface area contributed by atoms with Crippen LogP contribution in [0, 0.1) is 29.2 Å². The summed E-state index contributed by atoms with van der Waals surface area (Å²) in [7, 11) is 0. The van der Waals surface area contributed by atoms with Gasteiger partial charge < -0.3 is 28.4 Å². The fraction of sp³-hybridized carbons (Fsp3) is 0.500. The Morgan fingerprint density at radius 3 is 1.07 bits per heavy atom. The largest absolute Gasteiger partial charge is 0.494 e. The van der Waals surface area contributed by atoms with Crippen LogP contribution in [0.3, 0.4) is 0 Å². The molecule has 0 bridgehead atoms. The normalized spacial score (nSPS) is 11.2. The quantitative estimate of drug-likeness (QED) is 0.0386. The van der Waals surface area contributed by atoms with Gasteiger partial charge in [-0.25, -0.2) is 0 Å². The average Bonchev–Trinajstić information content (AvgIpc) is 3.23. The third-order valence-electron chi connectivity index (χ3n) is 9.92. The fourth-order valence-electron chi connectivity index (χ4n) is 6.63. The van der Waals surface area contributed by atoms with Gasteiger partial charge in [-0.3, -0.25) is 0 Å². The van der Waals surface area contributed by atoms with E-state index >= 15 is 0 Å². The zero-order valence-corrected chi connectivity index (χ0v) is 34.6. The Kier molecular flexibility index (Phi) is 21.0. The van der Waals surface area contributed by atoms with Crippen LogP contribution < -0.4 is 28.4 Å². The van der Waals surface area contributed by atoms with Gasteiger partial charge in [-0.1, -0.05) is 82.6 Å². The molecule has 0 radical (unpaired) electrons. The number of unbranched alkanes of at least 4 members (excludes halogenated alkanes) is 6. The predicted molar refractivity (Wildman–Crippen MR) is 222 cm³/mol. The third-order valence-corrected chi connectivity index (χ3v) is 9.92. The molecule has 0 saturated carbocycles. The Morgan fingerprint density at radius 1 is 0.379 bits per heavy atom. The lowest BCUT2D eigenvalue weighted by atomic mass is 9.96. The molecule has 4 rings (SSSR count). The summed E-state index contributed by atoms with van der Waals surface area (Å²) in [6.45, 7) is 8.30. The number of benzene rings is 4. The highest BCUT2D eigenvalue weighted by molar-refractivity contribution is 5.36. The summed E-state index contributed by atoms with van der Waals surface area (Å²) in [6.07, 6.45) is 14.8. The van der Waals surface area contributed by atoms with Gasteiger partial charge in [0.15, 0.2) is 23.0 Å². The summed E-state index contributed by atoms with van der Waals surface area (Å²) in [5, 5.41) is 0. The van der Waals surface area contributed by atoms with Crippen LogP contribution in [0.5, 0.6) is 34.5 Å². The molecule has 0 aliphatic heterocycles. The second kappa shape index (κ2) is 26.4. The first kappa shape index (κ1) is 46.1. The van der Waals surface area contributed by atoms with E-state index in [-0.39, 0.29) is 49.4 Å². The van der Waals surface area contributed by atoms with Gasteiger partial charge in [0.05, 0.1) is 39.6 Å². The van der Waals surface area contributed by atoms with Crippen molar-refractivity contribution in [3.63, 3.8) is 0 Å². The number of aryl methyl sites for hydroxylation is 2. The molecule has 6 nitrogen and oxygen atoms in total. The summed E-state index contributed by atoms with van der Waals surface area (Å²) < 4.78 is 89.4. The molecule has 318 valence electrons. The predicted octanol–water partition coefficient (Wildman–Crippen LogP) is 13.1. The lowest BCUT2D eigenvalue weighted by Gasteiger charge is -2.12. The summed E-state index contributed by atoms with van der Waals surface area (Å²) >= 11 is 0. The second-order valence-corrected chi connectivity index (χ2v) is 14.6. The van der Waals surface area contributed by atoms with Crippen LogP contribution in [0.2, 0.25) is 0 Å². The first-order valence-electron chi connectivity index (χ1n) is 21.2. The Hall–Kier alpha value is -4.60. The van der Waals surface area contributed by atoms with Crippen LogP contribution >= 0.6 is 0 Å². The molecule has 0 N–H and O–H groups in total. The molecule has 0 amide bonds. The monoisotopic (exact) mass is 810 g/mol. The third kappa shape index (κ3) is 16.3. The molecule has 0 aliphatic carbocycles. The lowest BCUT2D eigenvalue weighted by Crippen LogP contribution is -2.04. The van der Waals surface area contributed by atoms with Crippen molar-refractivity contribution in [2.75, 3.05) is 39.6 Å². The summed E-state index contributed by atoms with van der Waals surface area (Å²) in [4.78, 5) is 0. The Bertz CT molecular complexity index is 1610. The molecule has 0 unspecified atom stereocenters. The first-order chi connectivity index (χ1) is 28.3. The van der Waals surface area contributed by atoms with Gasteiger partial charge in [0.2, 0.25) is 23.3 Å². The van der Waals surface area contributed by atoms with Crippen molar-refractivity contribution in [2.45, 2.75) is 111 Å². The molecule has 10 heteroatoms. The molecule has 0 aliphatic rings. The van der Waals surface area contributed by atoms with Gasteiger partial charge >= 0.3 is 0 Å². The van der Waals surface area contributed by atoms with Gasteiger partial charge in [-0.2, -0.15) is 17.6 Å². The zero-order valence-electron chi connectivity index (χ0n) is 34.6. The molecular formula is C48H62F4O6.